The lowest BCUT2D eigenvalue weighted by atomic mass is 10.1. The zero-order chi connectivity index (χ0) is 14.3. The lowest BCUT2D eigenvalue weighted by molar-refractivity contribution is 0.301. The number of rotatable bonds is 7. The van der Waals surface area contributed by atoms with Crippen molar-refractivity contribution < 1.29 is 8.78 Å². The van der Waals surface area contributed by atoms with Crippen molar-refractivity contribution in [1.29, 1.82) is 5.26 Å². The molecule has 5 heteroatoms. The number of likely N-dealkylation sites (N-methyl/N-ethyl adjacent to an activating group) is 1. The normalized spacial score (nSPS) is 10.7. The average molecular weight is 267 g/mol. The summed E-state index contributed by atoms with van der Waals surface area (Å²) >= 11 is 0. The summed E-state index contributed by atoms with van der Waals surface area (Å²) in [5, 5.41) is 11.6. The molecule has 1 N–H and O–H groups in total. The van der Waals surface area contributed by atoms with Crippen LogP contribution in [0.15, 0.2) is 12.1 Å². The van der Waals surface area contributed by atoms with Gasteiger partial charge >= 0.3 is 0 Å². The maximum Gasteiger partial charge on any atom is 0.131 e. The number of hydrogen-bond donors (Lipinski definition) is 1. The van der Waals surface area contributed by atoms with Crippen molar-refractivity contribution in [1.82, 2.24) is 10.2 Å². The molecule has 19 heavy (non-hydrogen) atoms. The standard InChI is InChI=1S/C14H19F2N3/c1-3-19(4-2)6-5-18-10-12-13(15)7-11(9-17)8-14(12)16/h7-8,18H,3-6,10H2,1-2H3. The second kappa shape index (κ2) is 7.82. The molecule has 0 saturated heterocycles. The maximum absolute atomic E-state index is 13.6. The van der Waals surface area contributed by atoms with Gasteiger partial charge in [-0.25, -0.2) is 8.78 Å². The van der Waals surface area contributed by atoms with Crippen molar-refractivity contribution in [3.8, 4) is 6.07 Å². The molecular formula is C14H19F2N3. The van der Waals surface area contributed by atoms with Gasteiger partial charge in [-0.15, -0.1) is 0 Å². The molecule has 0 amide bonds. The quantitative estimate of drug-likeness (QED) is 0.770. The summed E-state index contributed by atoms with van der Waals surface area (Å²) in [5.74, 6) is -1.35. The van der Waals surface area contributed by atoms with Crippen LogP contribution >= 0.6 is 0 Å². The van der Waals surface area contributed by atoms with Gasteiger partial charge in [0.1, 0.15) is 11.6 Å². The van der Waals surface area contributed by atoms with Gasteiger partial charge in [0.2, 0.25) is 0 Å². The summed E-state index contributed by atoms with van der Waals surface area (Å²) < 4.78 is 27.1. The molecule has 1 aromatic carbocycles. The highest BCUT2D eigenvalue weighted by atomic mass is 19.1. The lowest BCUT2D eigenvalue weighted by Gasteiger charge is -2.18. The first kappa shape index (κ1) is 15.5. The molecule has 0 heterocycles. The van der Waals surface area contributed by atoms with Gasteiger partial charge in [-0.3, -0.25) is 0 Å². The van der Waals surface area contributed by atoms with Crippen molar-refractivity contribution in [2.75, 3.05) is 26.2 Å². The van der Waals surface area contributed by atoms with E-state index in [1.54, 1.807) is 6.07 Å². The van der Waals surface area contributed by atoms with E-state index in [1.165, 1.54) is 0 Å². The van der Waals surface area contributed by atoms with Gasteiger partial charge in [0.05, 0.1) is 11.6 Å². The fourth-order valence-corrected chi connectivity index (χ4v) is 1.83. The van der Waals surface area contributed by atoms with E-state index in [2.05, 4.69) is 24.1 Å². The minimum Gasteiger partial charge on any atom is -0.311 e. The van der Waals surface area contributed by atoms with Gasteiger partial charge in [0, 0.05) is 25.2 Å². The lowest BCUT2D eigenvalue weighted by Crippen LogP contribution is -2.32. The summed E-state index contributed by atoms with van der Waals surface area (Å²) in [6, 6.07) is 3.85. The van der Waals surface area contributed by atoms with Crippen LogP contribution in [0, 0.1) is 23.0 Å². The molecular weight excluding hydrogens is 248 g/mol. The van der Waals surface area contributed by atoms with E-state index >= 15 is 0 Å². The molecule has 3 nitrogen and oxygen atoms in total. The predicted octanol–water partition coefficient (Wildman–Crippen LogP) is 2.27. The predicted molar refractivity (Wildman–Crippen MR) is 70.6 cm³/mol. The van der Waals surface area contributed by atoms with Crippen LogP contribution in [0.1, 0.15) is 25.0 Å². The Kier molecular flexibility index (Phi) is 6.40. The molecule has 0 unspecified atom stereocenters. The van der Waals surface area contributed by atoms with Crippen molar-refractivity contribution in [2.24, 2.45) is 0 Å². The number of halogens is 2. The van der Waals surface area contributed by atoms with Crippen LogP contribution in [0.3, 0.4) is 0 Å². The van der Waals surface area contributed by atoms with Crippen molar-refractivity contribution in [3.05, 3.63) is 34.9 Å². The van der Waals surface area contributed by atoms with E-state index in [9.17, 15) is 8.78 Å². The van der Waals surface area contributed by atoms with Gasteiger partial charge in [-0.1, -0.05) is 13.8 Å². The maximum atomic E-state index is 13.6. The Hall–Kier alpha value is -1.51. The van der Waals surface area contributed by atoms with Gasteiger partial charge in [0.25, 0.3) is 0 Å². The molecule has 0 radical (unpaired) electrons. The number of nitrogens with one attached hydrogen (secondary N) is 1. The fraction of sp³-hybridized carbons (Fsp3) is 0.500. The minimum atomic E-state index is -0.674. The minimum absolute atomic E-state index is 0.00175. The number of hydrogen-bond acceptors (Lipinski definition) is 3. The Balaban J connectivity index is 2.52. The molecule has 0 bridgehead atoms. The zero-order valence-electron chi connectivity index (χ0n) is 11.3. The first-order chi connectivity index (χ1) is 9.12. The molecule has 0 aliphatic heterocycles. The number of nitrogens with zero attached hydrogens (tertiary/aromatic N) is 2. The van der Waals surface area contributed by atoms with Gasteiger partial charge < -0.3 is 10.2 Å². The molecule has 0 aromatic heterocycles. The Morgan fingerprint density at radius 2 is 1.79 bits per heavy atom. The van der Waals surface area contributed by atoms with Crippen LogP contribution in [0.4, 0.5) is 8.78 Å². The van der Waals surface area contributed by atoms with Gasteiger partial charge in [-0.2, -0.15) is 5.26 Å². The van der Waals surface area contributed by atoms with Crippen LogP contribution < -0.4 is 5.32 Å². The van der Waals surface area contributed by atoms with E-state index in [-0.39, 0.29) is 17.7 Å². The highest BCUT2D eigenvalue weighted by molar-refractivity contribution is 5.34. The van der Waals surface area contributed by atoms with Crippen LogP contribution in [0.25, 0.3) is 0 Å². The number of benzene rings is 1. The van der Waals surface area contributed by atoms with E-state index < -0.39 is 11.6 Å². The Morgan fingerprint density at radius 1 is 1.21 bits per heavy atom. The third kappa shape index (κ3) is 4.58. The molecule has 0 fully saturated rings. The van der Waals surface area contributed by atoms with Crippen molar-refractivity contribution >= 4 is 0 Å². The summed E-state index contributed by atoms with van der Waals surface area (Å²) in [6.45, 7) is 7.69. The molecule has 0 aliphatic rings. The number of nitriles is 1. The van der Waals surface area contributed by atoms with Crippen molar-refractivity contribution in [2.45, 2.75) is 20.4 Å². The molecule has 104 valence electrons. The molecule has 0 aliphatic carbocycles. The van der Waals surface area contributed by atoms with E-state index in [0.29, 0.717) is 6.54 Å². The summed E-state index contributed by atoms with van der Waals surface area (Å²) in [5.41, 5.74) is -0.0135. The Morgan fingerprint density at radius 3 is 2.26 bits per heavy atom. The van der Waals surface area contributed by atoms with E-state index in [0.717, 1.165) is 31.8 Å². The smallest absolute Gasteiger partial charge is 0.131 e. The molecule has 0 spiro atoms. The van der Waals surface area contributed by atoms with Crippen LogP contribution in [-0.2, 0) is 6.54 Å². The molecule has 0 saturated carbocycles. The molecule has 0 atom stereocenters. The summed E-state index contributed by atoms with van der Waals surface area (Å²) in [4.78, 5) is 2.22. The monoisotopic (exact) mass is 267 g/mol. The van der Waals surface area contributed by atoms with Gasteiger partial charge in [0.15, 0.2) is 0 Å². The summed E-state index contributed by atoms with van der Waals surface area (Å²) in [6.07, 6.45) is 0. The molecule has 1 aromatic rings. The second-order valence-electron chi connectivity index (χ2n) is 4.23. The van der Waals surface area contributed by atoms with Crippen LogP contribution in [0.2, 0.25) is 0 Å². The average Bonchev–Trinajstić information content (AvgIpc) is 2.41. The SMILES string of the molecule is CCN(CC)CCNCc1c(F)cc(C#N)cc1F. The van der Waals surface area contributed by atoms with Crippen molar-refractivity contribution in [3.63, 3.8) is 0 Å². The summed E-state index contributed by atoms with van der Waals surface area (Å²) in [7, 11) is 0. The topological polar surface area (TPSA) is 39.1 Å². The second-order valence-corrected chi connectivity index (χ2v) is 4.23. The van der Waals surface area contributed by atoms with E-state index in [1.807, 2.05) is 0 Å². The Bertz CT molecular complexity index is 427. The zero-order valence-corrected chi connectivity index (χ0v) is 11.3. The highest BCUT2D eigenvalue weighted by Crippen LogP contribution is 2.14. The van der Waals surface area contributed by atoms with E-state index in [4.69, 9.17) is 5.26 Å². The third-order valence-electron chi connectivity index (χ3n) is 3.07. The third-order valence-corrected chi connectivity index (χ3v) is 3.07. The first-order valence-electron chi connectivity index (χ1n) is 6.43. The first-order valence-corrected chi connectivity index (χ1v) is 6.43. The highest BCUT2D eigenvalue weighted by Gasteiger charge is 2.10. The van der Waals surface area contributed by atoms with Crippen LogP contribution in [-0.4, -0.2) is 31.1 Å². The largest absolute Gasteiger partial charge is 0.311 e. The Labute approximate surface area is 112 Å². The van der Waals surface area contributed by atoms with Crippen LogP contribution in [0.5, 0.6) is 0 Å². The van der Waals surface area contributed by atoms with Gasteiger partial charge in [-0.05, 0) is 25.2 Å². The fourth-order valence-electron chi connectivity index (χ4n) is 1.83. The molecule has 1 rings (SSSR count).